The number of imidazole rings is 1. The number of aromatic nitrogens is 4. The van der Waals surface area contributed by atoms with Gasteiger partial charge in [0, 0.05) is 44.0 Å². The second-order valence-corrected chi connectivity index (χ2v) is 8.89. The van der Waals surface area contributed by atoms with Gasteiger partial charge in [-0.3, -0.25) is 4.57 Å². The number of piperazine rings is 1. The molecule has 1 aliphatic rings. The van der Waals surface area contributed by atoms with Crippen LogP contribution in [0.25, 0.3) is 5.82 Å². The van der Waals surface area contributed by atoms with E-state index in [9.17, 15) is 17.2 Å². The number of aryl methyl sites for hydroxylation is 1. The Morgan fingerprint density at radius 2 is 1.63 bits per heavy atom. The van der Waals surface area contributed by atoms with Crippen molar-refractivity contribution in [1.29, 1.82) is 0 Å². The van der Waals surface area contributed by atoms with Crippen molar-refractivity contribution in [3.63, 3.8) is 0 Å². The number of rotatable bonds is 4. The molecule has 0 N–H and O–H groups in total. The molecular weight excluding hydrogens is 414 g/mol. The van der Waals surface area contributed by atoms with Gasteiger partial charge in [0.15, 0.2) is 0 Å². The van der Waals surface area contributed by atoms with Crippen molar-refractivity contribution in [1.82, 2.24) is 23.8 Å². The van der Waals surface area contributed by atoms with E-state index in [0.717, 1.165) is 23.5 Å². The maximum Gasteiger partial charge on any atom is 0.246 e. The van der Waals surface area contributed by atoms with Crippen LogP contribution in [0.1, 0.15) is 11.4 Å². The second kappa shape index (κ2) is 7.73. The van der Waals surface area contributed by atoms with Crippen molar-refractivity contribution >= 4 is 15.8 Å². The molecule has 158 valence electrons. The summed E-state index contributed by atoms with van der Waals surface area (Å²) in [5.74, 6) is -0.583. The number of halogens is 2. The van der Waals surface area contributed by atoms with Crippen molar-refractivity contribution in [3.05, 3.63) is 59.9 Å². The molecule has 0 unspecified atom stereocenters. The fourth-order valence-electron chi connectivity index (χ4n) is 3.35. The van der Waals surface area contributed by atoms with Crippen molar-refractivity contribution < 1.29 is 17.2 Å². The fourth-order valence-corrected chi connectivity index (χ4v) is 4.82. The smallest absolute Gasteiger partial charge is 0.246 e. The maximum atomic E-state index is 14.0. The summed E-state index contributed by atoms with van der Waals surface area (Å²) in [4.78, 5) is 14.3. The summed E-state index contributed by atoms with van der Waals surface area (Å²) >= 11 is 0. The number of nitrogens with zero attached hydrogens (tertiary/aromatic N) is 6. The summed E-state index contributed by atoms with van der Waals surface area (Å²) in [6.07, 6.45) is 3.15. The lowest BCUT2D eigenvalue weighted by molar-refractivity contribution is 0.381. The molecule has 2 aromatic heterocycles. The Morgan fingerprint density at radius 1 is 0.933 bits per heavy atom. The lowest BCUT2D eigenvalue weighted by Crippen LogP contribution is -2.49. The summed E-state index contributed by atoms with van der Waals surface area (Å²) < 4.78 is 55.7. The molecule has 30 heavy (non-hydrogen) atoms. The van der Waals surface area contributed by atoms with Crippen molar-refractivity contribution in [2.24, 2.45) is 0 Å². The predicted octanol–water partition coefficient (Wildman–Crippen LogP) is 2.07. The molecule has 0 atom stereocenters. The van der Waals surface area contributed by atoms with Gasteiger partial charge < -0.3 is 4.90 Å². The van der Waals surface area contributed by atoms with Crippen LogP contribution in [0.3, 0.4) is 0 Å². The Hall–Kier alpha value is -2.92. The first-order chi connectivity index (χ1) is 14.3. The summed E-state index contributed by atoms with van der Waals surface area (Å²) in [6, 6.07) is 4.29. The highest BCUT2D eigenvalue weighted by Gasteiger charge is 2.31. The minimum Gasteiger partial charge on any atom is -0.354 e. The van der Waals surface area contributed by atoms with Crippen LogP contribution in [0, 0.1) is 25.5 Å². The molecule has 11 heteroatoms. The van der Waals surface area contributed by atoms with E-state index in [1.807, 2.05) is 29.4 Å². The molecule has 0 spiro atoms. The monoisotopic (exact) mass is 434 g/mol. The molecule has 1 fully saturated rings. The van der Waals surface area contributed by atoms with Crippen LogP contribution in [0.5, 0.6) is 0 Å². The van der Waals surface area contributed by atoms with E-state index >= 15 is 0 Å². The summed E-state index contributed by atoms with van der Waals surface area (Å²) in [6.45, 7) is 4.92. The Kier molecular flexibility index (Phi) is 5.24. The van der Waals surface area contributed by atoms with E-state index in [4.69, 9.17) is 0 Å². The average Bonchev–Trinajstić information content (AvgIpc) is 3.06. The zero-order chi connectivity index (χ0) is 21.5. The normalized spacial score (nSPS) is 15.5. The van der Waals surface area contributed by atoms with Gasteiger partial charge in [0.05, 0.1) is 5.69 Å². The zero-order valence-corrected chi connectivity index (χ0v) is 17.3. The van der Waals surface area contributed by atoms with Crippen LogP contribution in [0.4, 0.5) is 14.6 Å². The number of hydrogen-bond acceptors (Lipinski definition) is 6. The topological polar surface area (TPSA) is 84.2 Å². The van der Waals surface area contributed by atoms with E-state index in [1.54, 1.807) is 6.33 Å². The molecule has 0 amide bonds. The third-order valence-corrected chi connectivity index (χ3v) is 7.14. The van der Waals surface area contributed by atoms with Crippen LogP contribution in [-0.4, -0.2) is 58.4 Å². The van der Waals surface area contributed by atoms with Crippen molar-refractivity contribution in [2.75, 3.05) is 31.1 Å². The molecule has 1 aliphatic heterocycles. The van der Waals surface area contributed by atoms with Crippen molar-refractivity contribution in [2.45, 2.75) is 18.7 Å². The van der Waals surface area contributed by atoms with Crippen LogP contribution >= 0.6 is 0 Å². The van der Waals surface area contributed by atoms with Gasteiger partial charge in [0.25, 0.3) is 0 Å². The van der Waals surface area contributed by atoms with Gasteiger partial charge in [-0.05, 0) is 26.0 Å². The molecule has 1 saturated heterocycles. The van der Waals surface area contributed by atoms with Crippen LogP contribution in [0.15, 0.2) is 41.8 Å². The van der Waals surface area contributed by atoms with E-state index in [2.05, 4.69) is 15.0 Å². The number of anilines is 1. The highest BCUT2D eigenvalue weighted by Crippen LogP contribution is 2.23. The van der Waals surface area contributed by atoms with Crippen molar-refractivity contribution in [3.8, 4) is 5.82 Å². The van der Waals surface area contributed by atoms with Crippen LogP contribution < -0.4 is 4.90 Å². The molecule has 3 heterocycles. The lowest BCUT2D eigenvalue weighted by Gasteiger charge is -2.34. The summed E-state index contributed by atoms with van der Waals surface area (Å²) in [5, 5.41) is 0. The summed E-state index contributed by atoms with van der Waals surface area (Å²) in [7, 11) is -4.05. The molecule has 1 aromatic carbocycles. The Morgan fingerprint density at radius 3 is 2.27 bits per heavy atom. The van der Waals surface area contributed by atoms with E-state index in [1.165, 1.54) is 10.6 Å². The highest BCUT2D eigenvalue weighted by atomic mass is 32.2. The van der Waals surface area contributed by atoms with Gasteiger partial charge in [-0.1, -0.05) is 0 Å². The van der Waals surface area contributed by atoms with Crippen LogP contribution in [-0.2, 0) is 10.0 Å². The third kappa shape index (κ3) is 3.65. The Bertz CT molecular complexity index is 1190. The van der Waals surface area contributed by atoms with Gasteiger partial charge in [-0.25, -0.2) is 32.2 Å². The standard InChI is InChI=1S/C19H20F2N6O2S/c1-13-14(2)27(12-24-13)19-10-18(22-11-23-19)25-5-7-26(8-6-25)30(28,29)17-4-3-15(20)9-16(17)21/h3-4,9-12H,5-8H2,1-2H3. The first kappa shape index (κ1) is 20.4. The molecule has 8 nitrogen and oxygen atoms in total. The number of hydrogen-bond donors (Lipinski definition) is 0. The van der Waals surface area contributed by atoms with Gasteiger partial charge in [0.1, 0.15) is 40.8 Å². The van der Waals surface area contributed by atoms with Gasteiger partial charge in [-0.2, -0.15) is 4.31 Å². The van der Waals surface area contributed by atoms with Crippen LogP contribution in [0.2, 0.25) is 0 Å². The second-order valence-electron chi connectivity index (χ2n) is 6.99. The van der Waals surface area contributed by atoms with E-state index < -0.39 is 26.6 Å². The van der Waals surface area contributed by atoms with Gasteiger partial charge >= 0.3 is 0 Å². The SMILES string of the molecule is Cc1ncn(-c2cc(N3CCN(S(=O)(=O)c4ccc(F)cc4F)CC3)ncn2)c1C. The zero-order valence-electron chi connectivity index (χ0n) is 16.5. The first-order valence-corrected chi connectivity index (χ1v) is 10.7. The largest absolute Gasteiger partial charge is 0.354 e. The summed E-state index contributed by atoms with van der Waals surface area (Å²) in [5.41, 5.74) is 1.87. The fraction of sp³-hybridized carbons (Fsp3) is 0.316. The quantitative estimate of drug-likeness (QED) is 0.625. The van der Waals surface area contributed by atoms with E-state index in [-0.39, 0.29) is 13.1 Å². The molecular formula is C19H20F2N6O2S. The minimum absolute atomic E-state index is 0.154. The lowest BCUT2D eigenvalue weighted by atomic mass is 10.3. The molecule has 0 saturated carbocycles. The molecule has 0 bridgehead atoms. The number of benzene rings is 1. The molecule has 4 rings (SSSR count). The predicted molar refractivity (Wildman–Crippen MR) is 106 cm³/mol. The Labute approximate surface area is 172 Å². The molecule has 0 aliphatic carbocycles. The minimum atomic E-state index is -4.05. The molecule has 3 aromatic rings. The molecule has 0 radical (unpaired) electrons. The third-order valence-electron chi connectivity index (χ3n) is 5.21. The van der Waals surface area contributed by atoms with Gasteiger partial charge in [0.2, 0.25) is 10.0 Å². The average molecular weight is 434 g/mol. The van der Waals surface area contributed by atoms with Gasteiger partial charge in [-0.15, -0.1) is 0 Å². The number of sulfonamides is 1. The van der Waals surface area contributed by atoms with E-state index in [0.29, 0.717) is 30.8 Å². The highest BCUT2D eigenvalue weighted by molar-refractivity contribution is 7.89. The Balaban J connectivity index is 1.51. The first-order valence-electron chi connectivity index (χ1n) is 9.30. The maximum absolute atomic E-state index is 14.0.